The van der Waals surface area contributed by atoms with Crippen LogP contribution < -0.4 is 10.1 Å². The van der Waals surface area contributed by atoms with E-state index in [2.05, 4.69) is 5.32 Å². The lowest BCUT2D eigenvalue weighted by molar-refractivity contribution is -0.116. The molecule has 1 N–H and O–H groups in total. The van der Waals surface area contributed by atoms with Crippen molar-refractivity contribution in [3.8, 4) is 11.6 Å². The Bertz CT molecular complexity index is 1350. The molecule has 0 aliphatic carbocycles. The molecule has 0 unspecified atom stereocenters. The normalized spacial score (nSPS) is 11.1. The average Bonchev–Trinajstić information content (AvgIpc) is 3.12. The number of carbonyl (C=O) groups excluding carboxylic acids is 1. The van der Waals surface area contributed by atoms with E-state index in [1.807, 2.05) is 49.7 Å². The van der Waals surface area contributed by atoms with E-state index in [1.165, 1.54) is 18.2 Å². The van der Waals surface area contributed by atoms with Gasteiger partial charge in [0.1, 0.15) is 5.82 Å². The van der Waals surface area contributed by atoms with Crippen LogP contribution in [0.2, 0.25) is 5.02 Å². The predicted molar refractivity (Wildman–Crippen MR) is 128 cm³/mol. The number of methoxy groups -OCH3 is 1. The Hall–Kier alpha value is -3.45. The third kappa shape index (κ3) is 4.54. The molecular formula is C25H24ClFN4O2. The van der Waals surface area contributed by atoms with E-state index in [0.29, 0.717) is 23.6 Å². The number of hydrogen-bond donors (Lipinski definition) is 1. The van der Waals surface area contributed by atoms with E-state index in [1.54, 1.807) is 7.11 Å². The van der Waals surface area contributed by atoms with Crippen molar-refractivity contribution in [2.24, 2.45) is 0 Å². The Morgan fingerprint density at radius 1 is 1.15 bits per heavy atom. The Kier molecular flexibility index (Phi) is 6.33. The van der Waals surface area contributed by atoms with E-state index in [-0.39, 0.29) is 17.4 Å². The highest BCUT2D eigenvalue weighted by Gasteiger charge is 2.20. The number of nitrogens with one attached hydrogen (secondary N) is 1. The van der Waals surface area contributed by atoms with E-state index in [4.69, 9.17) is 26.4 Å². The van der Waals surface area contributed by atoms with Crippen molar-refractivity contribution >= 4 is 34.2 Å². The summed E-state index contributed by atoms with van der Waals surface area (Å²) >= 11 is 5.80. The molecular weight excluding hydrogens is 443 g/mol. The number of anilines is 1. The van der Waals surface area contributed by atoms with Crippen LogP contribution in [0.3, 0.4) is 0 Å². The summed E-state index contributed by atoms with van der Waals surface area (Å²) in [5, 5.41) is 8.36. The lowest BCUT2D eigenvalue weighted by Gasteiger charge is -2.13. The summed E-state index contributed by atoms with van der Waals surface area (Å²) < 4.78 is 20.8. The van der Waals surface area contributed by atoms with Crippen LogP contribution in [0, 0.1) is 26.6 Å². The number of rotatable bonds is 6. The van der Waals surface area contributed by atoms with E-state index < -0.39 is 5.82 Å². The maximum atomic E-state index is 13.3. The van der Waals surface area contributed by atoms with Crippen molar-refractivity contribution in [1.82, 2.24) is 14.8 Å². The number of aromatic nitrogens is 3. The molecule has 4 rings (SSSR count). The third-order valence-corrected chi connectivity index (χ3v) is 5.90. The average molecular weight is 467 g/mol. The molecule has 0 aliphatic rings. The summed E-state index contributed by atoms with van der Waals surface area (Å²) in [6, 6.07) is 12.2. The zero-order valence-corrected chi connectivity index (χ0v) is 19.6. The zero-order chi connectivity index (χ0) is 23.7. The minimum absolute atomic E-state index is 0.0407. The largest absolute Gasteiger partial charge is 0.481 e. The molecule has 0 aliphatic heterocycles. The molecule has 0 atom stereocenters. The predicted octanol–water partition coefficient (Wildman–Crippen LogP) is 5.72. The standard InChI is InChI=1S/C25H24ClFN4O2/c1-14-5-8-18(9-6-14)31-24-23(16(3)30-31)15(2)19(25(29-24)33-4)10-12-22(32)28-17-7-11-21(27)20(26)13-17/h5-9,11,13H,10,12H2,1-4H3,(H,28,32). The number of hydrogen-bond acceptors (Lipinski definition) is 4. The molecule has 170 valence electrons. The van der Waals surface area contributed by atoms with Crippen molar-refractivity contribution in [2.45, 2.75) is 33.6 Å². The highest BCUT2D eigenvalue weighted by Crippen LogP contribution is 2.32. The van der Waals surface area contributed by atoms with Gasteiger partial charge in [-0.3, -0.25) is 4.79 Å². The maximum absolute atomic E-state index is 13.3. The minimum atomic E-state index is -0.532. The molecule has 2 aromatic carbocycles. The Morgan fingerprint density at radius 3 is 2.55 bits per heavy atom. The number of carbonyl (C=O) groups is 1. The smallest absolute Gasteiger partial charge is 0.224 e. The van der Waals surface area contributed by atoms with Crippen LogP contribution in [0.1, 0.15) is 28.8 Å². The van der Waals surface area contributed by atoms with Crippen molar-refractivity contribution in [1.29, 1.82) is 0 Å². The third-order valence-electron chi connectivity index (χ3n) is 5.61. The van der Waals surface area contributed by atoms with Crippen molar-refractivity contribution in [3.05, 3.63) is 75.7 Å². The first kappa shape index (κ1) is 22.7. The molecule has 0 bridgehead atoms. The van der Waals surface area contributed by atoms with E-state index >= 15 is 0 Å². The molecule has 6 nitrogen and oxygen atoms in total. The van der Waals surface area contributed by atoms with Gasteiger partial charge in [-0.1, -0.05) is 29.3 Å². The summed E-state index contributed by atoms with van der Waals surface area (Å²) in [6.07, 6.45) is 0.623. The number of fused-ring (bicyclic) bond motifs is 1. The number of halogens is 2. The van der Waals surface area contributed by atoms with E-state index in [9.17, 15) is 9.18 Å². The Morgan fingerprint density at radius 2 is 1.88 bits per heavy atom. The number of pyridine rings is 1. The topological polar surface area (TPSA) is 69.0 Å². The molecule has 0 saturated heterocycles. The molecule has 4 aromatic rings. The SMILES string of the molecule is COc1nc2c(c(C)nn2-c2ccc(C)cc2)c(C)c1CCC(=O)Nc1ccc(F)c(Cl)c1. The van der Waals surface area contributed by atoms with Crippen LogP contribution in [-0.2, 0) is 11.2 Å². The summed E-state index contributed by atoms with van der Waals surface area (Å²) in [6.45, 7) is 5.98. The van der Waals surface area contributed by atoms with Gasteiger partial charge in [-0.15, -0.1) is 0 Å². The first-order valence-electron chi connectivity index (χ1n) is 10.5. The lowest BCUT2D eigenvalue weighted by atomic mass is 10.0. The second-order valence-electron chi connectivity index (χ2n) is 7.93. The van der Waals surface area contributed by atoms with Crippen molar-refractivity contribution in [2.75, 3.05) is 12.4 Å². The molecule has 1 amide bonds. The fourth-order valence-electron chi connectivity index (χ4n) is 3.90. The Labute approximate surface area is 196 Å². The van der Waals surface area contributed by atoms with Gasteiger partial charge in [0.05, 0.1) is 23.5 Å². The maximum Gasteiger partial charge on any atom is 0.224 e. The highest BCUT2D eigenvalue weighted by molar-refractivity contribution is 6.31. The first-order chi connectivity index (χ1) is 15.8. The zero-order valence-electron chi connectivity index (χ0n) is 18.9. The van der Waals surface area contributed by atoms with Crippen LogP contribution >= 0.6 is 11.6 Å². The van der Waals surface area contributed by atoms with Gasteiger partial charge < -0.3 is 10.1 Å². The van der Waals surface area contributed by atoms with Gasteiger partial charge in [-0.05, 0) is 63.1 Å². The number of aryl methyl sites for hydroxylation is 3. The first-order valence-corrected chi connectivity index (χ1v) is 10.9. The number of amides is 1. The van der Waals surface area contributed by atoms with Gasteiger partial charge >= 0.3 is 0 Å². The second-order valence-corrected chi connectivity index (χ2v) is 8.34. The fourth-order valence-corrected chi connectivity index (χ4v) is 4.08. The molecule has 33 heavy (non-hydrogen) atoms. The highest BCUT2D eigenvalue weighted by atomic mass is 35.5. The molecule has 8 heteroatoms. The molecule has 0 fully saturated rings. The van der Waals surface area contributed by atoms with Crippen LogP contribution in [0.25, 0.3) is 16.7 Å². The van der Waals surface area contributed by atoms with Crippen LogP contribution in [0.5, 0.6) is 5.88 Å². The summed E-state index contributed by atoms with van der Waals surface area (Å²) in [5.74, 6) is -0.284. The molecule has 2 heterocycles. The number of nitrogens with zero attached hydrogens (tertiary/aromatic N) is 3. The van der Waals surface area contributed by atoms with Crippen molar-refractivity contribution in [3.63, 3.8) is 0 Å². The van der Waals surface area contributed by atoms with Crippen LogP contribution in [0.4, 0.5) is 10.1 Å². The Balaban J connectivity index is 1.63. The van der Waals surface area contributed by atoms with Gasteiger partial charge in [0.2, 0.25) is 11.8 Å². The lowest BCUT2D eigenvalue weighted by Crippen LogP contribution is -2.13. The van der Waals surface area contributed by atoms with Gasteiger partial charge in [-0.25, -0.2) is 9.07 Å². The van der Waals surface area contributed by atoms with Gasteiger partial charge in [0, 0.05) is 23.1 Å². The molecule has 0 radical (unpaired) electrons. The fraction of sp³-hybridized carbons (Fsp3) is 0.240. The monoisotopic (exact) mass is 466 g/mol. The van der Waals surface area contributed by atoms with Gasteiger partial charge in [0.15, 0.2) is 5.65 Å². The summed E-state index contributed by atoms with van der Waals surface area (Å²) in [7, 11) is 1.57. The number of ether oxygens (including phenoxy) is 1. The molecule has 0 spiro atoms. The summed E-state index contributed by atoms with van der Waals surface area (Å²) in [5.41, 5.74) is 5.91. The quantitative estimate of drug-likeness (QED) is 0.394. The minimum Gasteiger partial charge on any atom is -0.481 e. The van der Waals surface area contributed by atoms with Crippen molar-refractivity contribution < 1.29 is 13.9 Å². The van der Waals surface area contributed by atoms with Gasteiger partial charge in [-0.2, -0.15) is 10.1 Å². The molecule has 2 aromatic heterocycles. The second kappa shape index (κ2) is 9.19. The van der Waals surface area contributed by atoms with Gasteiger partial charge in [0.25, 0.3) is 0 Å². The molecule has 0 saturated carbocycles. The number of benzene rings is 2. The summed E-state index contributed by atoms with van der Waals surface area (Å²) in [4.78, 5) is 17.3. The van der Waals surface area contributed by atoms with Crippen LogP contribution in [0.15, 0.2) is 42.5 Å². The van der Waals surface area contributed by atoms with E-state index in [0.717, 1.165) is 33.5 Å². The van der Waals surface area contributed by atoms with Crippen LogP contribution in [-0.4, -0.2) is 27.8 Å².